The number of amides is 2. The first-order valence-corrected chi connectivity index (χ1v) is 6.53. The lowest BCUT2D eigenvalue weighted by atomic mass is 10.0. The molecule has 1 aromatic rings. The Bertz CT molecular complexity index is 526. The highest BCUT2D eigenvalue weighted by Crippen LogP contribution is 2.15. The zero-order valence-corrected chi connectivity index (χ0v) is 11.8. The number of nitrogens with zero attached hydrogens (tertiary/aromatic N) is 1. The number of rotatable bonds is 6. The molecule has 110 valence electrons. The van der Waals surface area contributed by atoms with Crippen LogP contribution in [0, 0.1) is 0 Å². The molecule has 1 unspecified atom stereocenters. The minimum atomic E-state index is -1.54. The van der Waals surface area contributed by atoms with Crippen molar-refractivity contribution in [2.75, 3.05) is 11.9 Å². The topological polar surface area (TPSA) is 129 Å². The standard InChI is InChI=1S/C11H15N3O5S/c1-6(15)13-10-14-7(4-20-10)9(18)12-5-11(2,19)3-8(16)17/h4,19H,3,5H2,1-2H3,(H,12,18)(H,16,17)(H,13,14,15). The number of carboxylic acid groups (broad SMARTS) is 1. The summed E-state index contributed by atoms with van der Waals surface area (Å²) in [6.45, 7) is 2.42. The minimum absolute atomic E-state index is 0.0878. The van der Waals surface area contributed by atoms with Crippen LogP contribution in [-0.2, 0) is 9.59 Å². The molecule has 0 aromatic carbocycles. The lowest BCUT2D eigenvalue weighted by molar-refractivity contribution is -0.141. The second kappa shape index (κ2) is 6.44. The molecule has 9 heteroatoms. The van der Waals surface area contributed by atoms with Gasteiger partial charge in [0.15, 0.2) is 5.13 Å². The molecule has 20 heavy (non-hydrogen) atoms. The number of hydrogen-bond donors (Lipinski definition) is 4. The van der Waals surface area contributed by atoms with Gasteiger partial charge in [-0.3, -0.25) is 14.4 Å². The van der Waals surface area contributed by atoms with E-state index in [1.807, 2.05) is 0 Å². The number of carboxylic acids is 1. The normalized spacial score (nSPS) is 13.3. The van der Waals surface area contributed by atoms with Gasteiger partial charge in [0.25, 0.3) is 5.91 Å². The van der Waals surface area contributed by atoms with Crippen LogP contribution in [0.2, 0.25) is 0 Å². The minimum Gasteiger partial charge on any atom is -0.481 e. The number of aliphatic carboxylic acids is 1. The summed E-state index contributed by atoms with van der Waals surface area (Å²) in [7, 11) is 0. The SMILES string of the molecule is CC(=O)Nc1nc(C(=O)NCC(C)(O)CC(=O)O)cs1. The fraction of sp³-hybridized carbons (Fsp3) is 0.455. The third kappa shape index (κ3) is 5.33. The van der Waals surface area contributed by atoms with Crippen molar-refractivity contribution in [1.29, 1.82) is 0 Å². The zero-order valence-electron chi connectivity index (χ0n) is 11.0. The molecule has 1 rings (SSSR count). The Morgan fingerprint density at radius 2 is 2.10 bits per heavy atom. The molecule has 1 aromatic heterocycles. The lowest BCUT2D eigenvalue weighted by Gasteiger charge is -2.20. The molecule has 0 spiro atoms. The molecule has 1 atom stereocenters. The van der Waals surface area contributed by atoms with Crippen molar-refractivity contribution in [3.05, 3.63) is 11.1 Å². The van der Waals surface area contributed by atoms with Gasteiger partial charge in [-0.2, -0.15) is 0 Å². The van der Waals surface area contributed by atoms with Crippen LogP contribution in [0.15, 0.2) is 5.38 Å². The second-order valence-electron chi connectivity index (χ2n) is 4.47. The van der Waals surface area contributed by atoms with Gasteiger partial charge in [-0.15, -0.1) is 11.3 Å². The Hall–Kier alpha value is -2.00. The van der Waals surface area contributed by atoms with Gasteiger partial charge in [0.1, 0.15) is 5.69 Å². The average Bonchev–Trinajstić information content (AvgIpc) is 2.71. The lowest BCUT2D eigenvalue weighted by Crippen LogP contribution is -2.42. The summed E-state index contributed by atoms with van der Waals surface area (Å²) >= 11 is 1.09. The van der Waals surface area contributed by atoms with E-state index in [2.05, 4.69) is 15.6 Å². The molecule has 1 heterocycles. The van der Waals surface area contributed by atoms with Gasteiger partial charge in [-0.1, -0.05) is 0 Å². The fourth-order valence-corrected chi connectivity index (χ4v) is 2.07. The first kappa shape index (κ1) is 16.1. The molecular formula is C11H15N3O5S. The Labute approximate surface area is 118 Å². The number of aromatic nitrogens is 1. The predicted octanol–water partition coefficient (Wildman–Crippen LogP) is 0.0570. The van der Waals surface area contributed by atoms with Gasteiger partial charge in [0.05, 0.1) is 12.0 Å². The Kier molecular flexibility index (Phi) is 5.17. The monoisotopic (exact) mass is 301 g/mol. The van der Waals surface area contributed by atoms with Crippen LogP contribution in [0.1, 0.15) is 30.8 Å². The Morgan fingerprint density at radius 1 is 1.45 bits per heavy atom. The van der Waals surface area contributed by atoms with Gasteiger partial charge < -0.3 is 20.8 Å². The van der Waals surface area contributed by atoms with Crippen molar-refractivity contribution >= 4 is 34.3 Å². The first-order valence-electron chi connectivity index (χ1n) is 5.65. The molecule has 0 saturated carbocycles. The third-order valence-corrected chi connectivity index (χ3v) is 2.94. The molecule has 8 nitrogen and oxygen atoms in total. The molecule has 0 aliphatic heterocycles. The molecule has 0 aliphatic carbocycles. The molecule has 0 radical (unpaired) electrons. The summed E-state index contributed by atoms with van der Waals surface area (Å²) < 4.78 is 0. The number of thiazole rings is 1. The fourth-order valence-electron chi connectivity index (χ4n) is 1.34. The summed E-state index contributed by atoms with van der Waals surface area (Å²) in [4.78, 5) is 37.0. The van der Waals surface area contributed by atoms with Crippen molar-refractivity contribution in [2.24, 2.45) is 0 Å². The summed E-state index contributed by atoms with van der Waals surface area (Å²) in [5.41, 5.74) is -1.46. The Balaban J connectivity index is 2.56. The molecule has 0 saturated heterocycles. The van der Waals surface area contributed by atoms with Crippen molar-refractivity contribution in [2.45, 2.75) is 25.9 Å². The first-order chi connectivity index (χ1) is 9.19. The van der Waals surface area contributed by atoms with E-state index in [9.17, 15) is 19.5 Å². The second-order valence-corrected chi connectivity index (χ2v) is 5.33. The molecule has 0 aliphatic rings. The van der Waals surface area contributed by atoms with E-state index in [1.165, 1.54) is 19.2 Å². The third-order valence-electron chi connectivity index (χ3n) is 2.18. The van der Waals surface area contributed by atoms with Crippen LogP contribution in [-0.4, -0.2) is 45.1 Å². The molecule has 0 fully saturated rings. The van der Waals surface area contributed by atoms with Crippen LogP contribution >= 0.6 is 11.3 Å². The molecular weight excluding hydrogens is 286 g/mol. The molecule has 4 N–H and O–H groups in total. The van der Waals surface area contributed by atoms with Gasteiger partial charge in [0, 0.05) is 18.8 Å². The number of nitrogens with one attached hydrogen (secondary N) is 2. The van der Waals surface area contributed by atoms with E-state index in [4.69, 9.17) is 5.11 Å². The van der Waals surface area contributed by atoms with Crippen molar-refractivity contribution in [3.63, 3.8) is 0 Å². The Morgan fingerprint density at radius 3 is 2.65 bits per heavy atom. The summed E-state index contributed by atoms with van der Waals surface area (Å²) in [6, 6.07) is 0. The number of anilines is 1. The van der Waals surface area contributed by atoms with Gasteiger partial charge in [0.2, 0.25) is 5.91 Å². The van der Waals surface area contributed by atoms with Crippen LogP contribution in [0.4, 0.5) is 5.13 Å². The maximum atomic E-state index is 11.7. The predicted molar refractivity (Wildman–Crippen MR) is 71.6 cm³/mol. The van der Waals surface area contributed by atoms with E-state index >= 15 is 0 Å². The summed E-state index contributed by atoms with van der Waals surface area (Å²) in [6.07, 6.45) is -0.485. The maximum Gasteiger partial charge on any atom is 0.306 e. The molecule has 2 amide bonds. The van der Waals surface area contributed by atoms with Crippen LogP contribution in [0.3, 0.4) is 0 Å². The van der Waals surface area contributed by atoms with Crippen molar-refractivity contribution < 1.29 is 24.6 Å². The van der Waals surface area contributed by atoms with Crippen LogP contribution in [0.25, 0.3) is 0 Å². The quantitative estimate of drug-likeness (QED) is 0.588. The zero-order chi connectivity index (χ0) is 15.3. The molecule has 0 bridgehead atoms. The van der Waals surface area contributed by atoms with E-state index in [0.29, 0.717) is 5.13 Å². The summed E-state index contributed by atoms with van der Waals surface area (Å²) in [5, 5.41) is 24.9. The number of carbonyl (C=O) groups excluding carboxylic acids is 2. The highest BCUT2D eigenvalue weighted by molar-refractivity contribution is 7.14. The summed E-state index contributed by atoms with van der Waals surface area (Å²) in [5.74, 6) is -2.01. The van der Waals surface area contributed by atoms with Crippen molar-refractivity contribution in [1.82, 2.24) is 10.3 Å². The number of aliphatic hydroxyl groups is 1. The number of carbonyl (C=O) groups is 3. The highest BCUT2D eigenvalue weighted by Gasteiger charge is 2.25. The number of hydrogen-bond acceptors (Lipinski definition) is 6. The maximum absolute atomic E-state index is 11.7. The van der Waals surface area contributed by atoms with Gasteiger partial charge >= 0.3 is 5.97 Å². The van der Waals surface area contributed by atoms with E-state index in [-0.39, 0.29) is 18.1 Å². The van der Waals surface area contributed by atoms with E-state index < -0.39 is 23.9 Å². The van der Waals surface area contributed by atoms with Gasteiger partial charge in [-0.05, 0) is 6.92 Å². The van der Waals surface area contributed by atoms with Gasteiger partial charge in [-0.25, -0.2) is 4.98 Å². The van der Waals surface area contributed by atoms with Crippen molar-refractivity contribution in [3.8, 4) is 0 Å². The average molecular weight is 301 g/mol. The van der Waals surface area contributed by atoms with E-state index in [0.717, 1.165) is 11.3 Å². The largest absolute Gasteiger partial charge is 0.481 e. The van der Waals surface area contributed by atoms with E-state index in [1.54, 1.807) is 0 Å². The van der Waals surface area contributed by atoms with Crippen LogP contribution < -0.4 is 10.6 Å². The van der Waals surface area contributed by atoms with Crippen LogP contribution in [0.5, 0.6) is 0 Å². The smallest absolute Gasteiger partial charge is 0.306 e. The highest BCUT2D eigenvalue weighted by atomic mass is 32.1.